The smallest absolute Gasteiger partial charge is 0.180 e. The molecule has 6 heteroatoms. The molecule has 0 atom stereocenters. The van der Waals surface area contributed by atoms with E-state index in [2.05, 4.69) is 9.88 Å². The van der Waals surface area contributed by atoms with Crippen LogP contribution in [0.3, 0.4) is 0 Å². The van der Waals surface area contributed by atoms with Gasteiger partial charge in [-0.15, -0.1) is 11.3 Å². The summed E-state index contributed by atoms with van der Waals surface area (Å²) in [7, 11) is 0. The molecular weight excluding hydrogens is 301 g/mol. The number of carbonyl (C=O) groups is 1. The molecule has 116 valence electrons. The summed E-state index contributed by atoms with van der Waals surface area (Å²) in [6.45, 7) is 2.61. The van der Waals surface area contributed by atoms with E-state index in [1.807, 2.05) is 6.20 Å². The molecule has 22 heavy (non-hydrogen) atoms. The molecule has 2 N–H and O–H groups in total. The fourth-order valence-corrected chi connectivity index (χ4v) is 3.55. The second kappa shape index (κ2) is 6.54. The topological polar surface area (TPSA) is 59.2 Å². The van der Waals surface area contributed by atoms with Crippen molar-refractivity contribution in [1.29, 1.82) is 0 Å². The van der Waals surface area contributed by atoms with Crippen molar-refractivity contribution in [2.75, 3.05) is 18.8 Å². The molecule has 0 bridgehead atoms. The van der Waals surface area contributed by atoms with Crippen molar-refractivity contribution < 1.29 is 9.18 Å². The molecule has 0 spiro atoms. The highest BCUT2D eigenvalue weighted by molar-refractivity contribution is 7.15. The summed E-state index contributed by atoms with van der Waals surface area (Å²) in [5, 5.41) is 0.594. The predicted molar refractivity (Wildman–Crippen MR) is 85.3 cm³/mol. The van der Waals surface area contributed by atoms with Crippen molar-refractivity contribution in [2.45, 2.75) is 19.4 Å². The molecule has 0 saturated carbocycles. The SMILES string of the molecule is Nc1ncc(CN2CCC(C(=O)c3ccc(F)cc3)CC2)s1. The molecule has 4 nitrogen and oxygen atoms in total. The van der Waals surface area contributed by atoms with Crippen LogP contribution in [0.4, 0.5) is 9.52 Å². The van der Waals surface area contributed by atoms with Gasteiger partial charge in [-0.25, -0.2) is 9.37 Å². The number of aromatic nitrogens is 1. The molecule has 2 heterocycles. The van der Waals surface area contributed by atoms with Gasteiger partial charge in [0.1, 0.15) is 5.82 Å². The number of hydrogen-bond acceptors (Lipinski definition) is 5. The van der Waals surface area contributed by atoms with Crippen molar-refractivity contribution in [1.82, 2.24) is 9.88 Å². The largest absolute Gasteiger partial charge is 0.375 e. The van der Waals surface area contributed by atoms with Crippen LogP contribution in [-0.4, -0.2) is 28.8 Å². The minimum atomic E-state index is -0.310. The fraction of sp³-hybridized carbons (Fsp3) is 0.375. The van der Waals surface area contributed by atoms with Crippen molar-refractivity contribution in [2.24, 2.45) is 5.92 Å². The number of likely N-dealkylation sites (tertiary alicyclic amines) is 1. The quantitative estimate of drug-likeness (QED) is 0.880. The van der Waals surface area contributed by atoms with Gasteiger partial charge >= 0.3 is 0 Å². The summed E-state index contributed by atoms with van der Waals surface area (Å²) in [4.78, 5) is 19.9. The molecule has 3 rings (SSSR count). The normalized spacial score (nSPS) is 16.8. The number of ketones is 1. The molecule has 0 amide bonds. The first-order chi connectivity index (χ1) is 10.6. The second-order valence-electron chi connectivity index (χ2n) is 5.59. The number of piperidine rings is 1. The summed E-state index contributed by atoms with van der Waals surface area (Å²) >= 11 is 1.51. The zero-order valence-corrected chi connectivity index (χ0v) is 13.0. The number of rotatable bonds is 4. The maximum Gasteiger partial charge on any atom is 0.180 e. The minimum absolute atomic E-state index is 0.0354. The zero-order valence-electron chi connectivity index (χ0n) is 12.2. The first-order valence-electron chi connectivity index (χ1n) is 7.34. The molecule has 0 radical (unpaired) electrons. The van der Waals surface area contributed by atoms with Gasteiger partial charge < -0.3 is 5.73 Å². The van der Waals surface area contributed by atoms with Gasteiger partial charge in [0.25, 0.3) is 0 Å². The number of benzene rings is 1. The average Bonchev–Trinajstić information content (AvgIpc) is 2.93. The highest BCUT2D eigenvalue weighted by atomic mass is 32.1. The Morgan fingerprint density at radius 3 is 2.59 bits per heavy atom. The van der Waals surface area contributed by atoms with Gasteiger partial charge in [-0.1, -0.05) is 0 Å². The van der Waals surface area contributed by atoms with Gasteiger partial charge in [0.2, 0.25) is 0 Å². The number of anilines is 1. The Labute approximate surface area is 132 Å². The van der Waals surface area contributed by atoms with E-state index < -0.39 is 0 Å². The van der Waals surface area contributed by atoms with E-state index in [0.29, 0.717) is 10.7 Å². The number of halogens is 1. The Morgan fingerprint density at radius 1 is 1.32 bits per heavy atom. The first kappa shape index (κ1) is 15.1. The molecule has 0 aliphatic carbocycles. The molecule has 1 aliphatic heterocycles. The average molecular weight is 319 g/mol. The van der Waals surface area contributed by atoms with Crippen LogP contribution in [0, 0.1) is 11.7 Å². The van der Waals surface area contributed by atoms with Crippen LogP contribution >= 0.6 is 11.3 Å². The number of nitrogens with two attached hydrogens (primary N) is 1. The Bertz CT molecular complexity index is 648. The van der Waals surface area contributed by atoms with E-state index in [4.69, 9.17) is 5.73 Å². The Hall–Kier alpha value is -1.79. The lowest BCUT2D eigenvalue weighted by molar-refractivity contribution is 0.0835. The molecule has 1 fully saturated rings. The maximum absolute atomic E-state index is 12.9. The van der Waals surface area contributed by atoms with Crippen LogP contribution < -0.4 is 5.73 Å². The molecule has 1 aromatic heterocycles. The molecular formula is C16H18FN3OS. The van der Waals surface area contributed by atoms with E-state index in [1.165, 1.54) is 23.5 Å². The van der Waals surface area contributed by atoms with Crippen molar-refractivity contribution in [3.8, 4) is 0 Å². The van der Waals surface area contributed by atoms with Gasteiger partial charge in [-0.2, -0.15) is 0 Å². The lowest BCUT2D eigenvalue weighted by atomic mass is 9.89. The van der Waals surface area contributed by atoms with Crippen LogP contribution in [0.2, 0.25) is 0 Å². The lowest BCUT2D eigenvalue weighted by Crippen LogP contribution is -2.35. The third-order valence-electron chi connectivity index (χ3n) is 4.04. The number of nitrogens with zero attached hydrogens (tertiary/aromatic N) is 2. The summed E-state index contributed by atoms with van der Waals surface area (Å²) in [6.07, 6.45) is 3.49. The highest BCUT2D eigenvalue weighted by Gasteiger charge is 2.26. The summed E-state index contributed by atoms with van der Waals surface area (Å²) < 4.78 is 12.9. The number of carbonyl (C=O) groups excluding carboxylic acids is 1. The van der Waals surface area contributed by atoms with Crippen LogP contribution in [0.1, 0.15) is 28.1 Å². The van der Waals surface area contributed by atoms with Crippen molar-refractivity contribution in [3.05, 3.63) is 46.7 Å². The van der Waals surface area contributed by atoms with Gasteiger partial charge in [-0.3, -0.25) is 9.69 Å². The predicted octanol–water partition coefficient (Wildman–Crippen LogP) is 2.96. The summed E-state index contributed by atoms with van der Waals surface area (Å²) in [5.74, 6) is -0.148. The standard InChI is InChI=1S/C16H18FN3OS/c17-13-3-1-11(2-4-13)15(21)12-5-7-20(8-6-12)10-14-9-19-16(18)22-14/h1-4,9,12H,5-8,10H2,(H2,18,19). The van der Waals surface area contributed by atoms with Crippen LogP contribution in [0.15, 0.2) is 30.5 Å². The minimum Gasteiger partial charge on any atom is -0.375 e. The van der Waals surface area contributed by atoms with Crippen LogP contribution in [0.25, 0.3) is 0 Å². The van der Waals surface area contributed by atoms with E-state index >= 15 is 0 Å². The lowest BCUT2D eigenvalue weighted by Gasteiger charge is -2.30. The number of hydrogen-bond donors (Lipinski definition) is 1. The van der Waals surface area contributed by atoms with E-state index in [-0.39, 0.29) is 17.5 Å². The third-order valence-corrected chi connectivity index (χ3v) is 4.85. The Balaban J connectivity index is 1.55. The van der Waals surface area contributed by atoms with Crippen LogP contribution in [0.5, 0.6) is 0 Å². The molecule has 0 unspecified atom stereocenters. The third kappa shape index (κ3) is 3.51. The molecule has 1 aromatic carbocycles. The monoisotopic (exact) mass is 319 g/mol. The first-order valence-corrected chi connectivity index (χ1v) is 8.16. The number of thiazole rings is 1. The molecule has 1 saturated heterocycles. The van der Waals surface area contributed by atoms with Gasteiger partial charge in [0.05, 0.1) is 0 Å². The maximum atomic E-state index is 12.9. The molecule has 2 aromatic rings. The van der Waals surface area contributed by atoms with E-state index in [9.17, 15) is 9.18 Å². The van der Waals surface area contributed by atoms with Gasteiger partial charge in [0.15, 0.2) is 10.9 Å². The van der Waals surface area contributed by atoms with Crippen LogP contribution in [-0.2, 0) is 6.54 Å². The zero-order chi connectivity index (χ0) is 15.5. The van der Waals surface area contributed by atoms with Crippen molar-refractivity contribution in [3.63, 3.8) is 0 Å². The highest BCUT2D eigenvalue weighted by Crippen LogP contribution is 2.24. The second-order valence-corrected chi connectivity index (χ2v) is 6.73. The Kier molecular flexibility index (Phi) is 4.49. The molecule has 1 aliphatic rings. The summed E-state index contributed by atoms with van der Waals surface area (Å²) in [5.41, 5.74) is 6.24. The summed E-state index contributed by atoms with van der Waals surface area (Å²) in [6, 6.07) is 5.83. The van der Waals surface area contributed by atoms with E-state index in [1.54, 1.807) is 12.1 Å². The van der Waals surface area contributed by atoms with E-state index in [0.717, 1.165) is 37.4 Å². The Morgan fingerprint density at radius 2 is 2.00 bits per heavy atom. The van der Waals surface area contributed by atoms with Gasteiger partial charge in [-0.05, 0) is 50.2 Å². The van der Waals surface area contributed by atoms with Crippen molar-refractivity contribution >= 4 is 22.3 Å². The van der Waals surface area contributed by atoms with Gasteiger partial charge in [0, 0.05) is 29.1 Å². The number of nitrogen functional groups attached to an aromatic ring is 1. The fourth-order valence-electron chi connectivity index (χ4n) is 2.82. The number of Topliss-reactive ketones (excluding diaryl/α,β-unsaturated/α-hetero) is 1.